The molecule has 7 nitrogen and oxygen atoms in total. The summed E-state index contributed by atoms with van der Waals surface area (Å²) in [6.07, 6.45) is 5.68. The van der Waals surface area contributed by atoms with Crippen LogP contribution in [0.3, 0.4) is 0 Å². The summed E-state index contributed by atoms with van der Waals surface area (Å²) < 4.78 is 6.04. The molecule has 1 spiro atoms. The Labute approximate surface area is 202 Å². The fourth-order valence-electron chi connectivity index (χ4n) is 5.66. The Bertz CT molecular complexity index is 1080. The first-order valence-electron chi connectivity index (χ1n) is 12.4. The highest BCUT2D eigenvalue weighted by Gasteiger charge is 2.45. The van der Waals surface area contributed by atoms with Gasteiger partial charge in [0.15, 0.2) is 5.72 Å². The van der Waals surface area contributed by atoms with E-state index >= 15 is 0 Å². The molecule has 2 unspecified atom stereocenters. The molecule has 0 saturated carbocycles. The van der Waals surface area contributed by atoms with E-state index in [1.807, 2.05) is 45.3 Å². The van der Waals surface area contributed by atoms with Crippen LogP contribution in [0.2, 0.25) is 0 Å². The zero-order valence-corrected chi connectivity index (χ0v) is 20.5. The Morgan fingerprint density at radius 1 is 1.12 bits per heavy atom. The van der Waals surface area contributed by atoms with Crippen molar-refractivity contribution in [1.82, 2.24) is 9.88 Å². The summed E-state index contributed by atoms with van der Waals surface area (Å²) in [5.41, 5.74) is 1.28. The molecule has 0 bridgehead atoms. The van der Waals surface area contributed by atoms with Crippen LogP contribution in [0.25, 0.3) is 0 Å². The number of piperidine rings is 2. The fourth-order valence-corrected chi connectivity index (χ4v) is 5.66. The maximum absolute atomic E-state index is 13.7. The van der Waals surface area contributed by atoms with Gasteiger partial charge in [0.2, 0.25) is 5.91 Å². The highest BCUT2D eigenvalue weighted by Crippen LogP contribution is 2.42. The molecule has 1 aromatic carbocycles. The summed E-state index contributed by atoms with van der Waals surface area (Å²) in [5, 5.41) is 3.11. The van der Waals surface area contributed by atoms with E-state index in [0.717, 1.165) is 68.1 Å². The molecule has 3 aliphatic heterocycles. The molecular weight excluding hydrogens is 426 g/mol. The molecule has 2 saturated heterocycles. The molecule has 4 heterocycles. The third kappa shape index (κ3) is 4.29. The van der Waals surface area contributed by atoms with Gasteiger partial charge in [0.05, 0.1) is 11.5 Å². The quantitative estimate of drug-likeness (QED) is 0.723. The number of amides is 1. The number of ether oxygens (including phenoxy) is 1. The Morgan fingerprint density at radius 3 is 2.65 bits per heavy atom. The van der Waals surface area contributed by atoms with Crippen molar-refractivity contribution in [2.75, 3.05) is 36.9 Å². The largest absolute Gasteiger partial charge is 0.373 e. The van der Waals surface area contributed by atoms with Crippen LogP contribution >= 0.6 is 0 Å². The molecule has 5 rings (SSSR count). The van der Waals surface area contributed by atoms with Crippen molar-refractivity contribution in [3.63, 3.8) is 0 Å². The molecule has 180 valence electrons. The molecule has 2 fully saturated rings. The van der Waals surface area contributed by atoms with E-state index in [1.54, 1.807) is 0 Å². The van der Waals surface area contributed by atoms with Gasteiger partial charge in [-0.1, -0.05) is 24.3 Å². The van der Waals surface area contributed by atoms with Gasteiger partial charge < -0.3 is 19.9 Å². The minimum atomic E-state index is -0.645. The van der Waals surface area contributed by atoms with Crippen LogP contribution < -0.4 is 10.2 Å². The first-order chi connectivity index (χ1) is 16.4. The lowest BCUT2D eigenvalue weighted by atomic mass is 9.71. The van der Waals surface area contributed by atoms with Crippen molar-refractivity contribution in [3.05, 3.63) is 53.6 Å². The van der Waals surface area contributed by atoms with Crippen LogP contribution in [0.4, 0.5) is 11.6 Å². The monoisotopic (exact) mass is 461 g/mol. The molecule has 0 aliphatic carbocycles. The Balaban J connectivity index is 1.27. The Hall–Kier alpha value is -2.93. The van der Waals surface area contributed by atoms with Gasteiger partial charge in [-0.2, -0.15) is 0 Å². The molecule has 1 N–H and O–H groups in total. The van der Waals surface area contributed by atoms with Crippen molar-refractivity contribution in [3.8, 4) is 0 Å². The average molecular weight is 462 g/mol. The SMILES string of the molecule is CNc1cccc(N2CCC3(CCCN(Cc4cccc(C5(C)N=CC(C)O5)c4)C3=O)CC2)n1. The van der Waals surface area contributed by atoms with Gasteiger partial charge in [-0.05, 0) is 63.3 Å². The fraction of sp³-hybridized carbons (Fsp3) is 0.519. The van der Waals surface area contributed by atoms with Crippen LogP contribution in [-0.4, -0.2) is 54.8 Å². The van der Waals surface area contributed by atoms with Crippen LogP contribution in [-0.2, 0) is 21.8 Å². The number of hydrogen-bond donors (Lipinski definition) is 1. The lowest BCUT2D eigenvalue weighted by Crippen LogP contribution is -2.53. The van der Waals surface area contributed by atoms with Crippen LogP contribution in [0.1, 0.15) is 50.7 Å². The van der Waals surface area contributed by atoms with E-state index < -0.39 is 5.72 Å². The van der Waals surface area contributed by atoms with Gasteiger partial charge in [-0.15, -0.1) is 0 Å². The average Bonchev–Trinajstić information content (AvgIpc) is 3.22. The minimum Gasteiger partial charge on any atom is -0.373 e. The third-order valence-electron chi connectivity index (χ3n) is 7.64. The zero-order chi connectivity index (χ0) is 23.8. The van der Waals surface area contributed by atoms with Gasteiger partial charge in [-0.3, -0.25) is 9.79 Å². The molecule has 7 heteroatoms. The van der Waals surface area contributed by atoms with Crippen LogP contribution in [0.15, 0.2) is 47.5 Å². The Morgan fingerprint density at radius 2 is 1.91 bits per heavy atom. The smallest absolute Gasteiger partial charge is 0.229 e. The van der Waals surface area contributed by atoms with Gasteiger partial charge in [0.25, 0.3) is 0 Å². The molecular formula is C27H35N5O2. The van der Waals surface area contributed by atoms with E-state index in [1.165, 1.54) is 0 Å². The molecule has 34 heavy (non-hydrogen) atoms. The topological polar surface area (TPSA) is 70.1 Å². The van der Waals surface area contributed by atoms with Crippen molar-refractivity contribution in [2.24, 2.45) is 10.4 Å². The predicted octanol–water partition coefficient (Wildman–Crippen LogP) is 4.19. The second-order valence-corrected chi connectivity index (χ2v) is 10.0. The van der Waals surface area contributed by atoms with Crippen molar-refractivity contribution in [1.29, 1.82) is 0 Å². The number of anilines is 2. The number of likely N-dealkylation sites (tertiary alicyclic amines) is 1. The summed E-state index contributed by atoms with van der Waals surface area (Å²) in [7, 11) is 1.89. The van der Waals surface area contributed by atoms with Crippen LogP contribution in [0.5, 0.6) is 0 Å². The van der Waals surface area contributed by atoms with Gasteiger partial charge >= 0.3 is 0 Å². The maximum Gasteiger partial charge on any atom is 0.229 e. The number of benzene rings is 1. The minimum absolute atomic E-state index is 0.0129. The standard InChI is InChI=1S/C27H35N5O2/c1-20-18-29-26(2,34-20)22-8-4-7-21(17-22)19-32-14-6-11-27(25(32)33)12-15-31(16-13-27)24-10-5-9-23(28-3)30-24/h4-5,7-10,17-18,20H,6,11-16,19H2,1-3H3,(H,28,30). The molecule has 0 radical (unpaired) electrons. The highest BCUT2D eigenvalue weighted by atomic mass is 16.5. The number of aromatic nitrogens is 1. The van der Waals surface area contributed by atoms with Gasteiger partial charge in [-0.25, -0.2) is 4.98 Å². The van der Waals surface area contributed by atoms with E-state index in [2.05, 4.69) is 49.4 Å². The predicted molar refractivity (Wildman–Crippen MR) is 135 cm³/mol. The lowest BCUT2D eigenvalue weighted by Gasteiger charge is -2.46. The van der Waals surface area contributed by atoms with Gasteiger partial charge in [0, 0.05) is 45.0 Å². The van der Waals surface area contributed by atoms with Gasteiger partial charge in [0.1, 0.15) is 11.6 Å². The van der Waals surface area contributed by atoms with E-state index in [0.29, 0.717) is 12.5 Å². The number of pyridine rings is 1. The summed E-state index contributed by atoms with van der Waals surface area (Å²) in [4.78, 5) is 27.4. The van der Waals surface area contributed by atoms with Crippen molar-refractivity contribution < 1.29 is 9.53 Å². The number of carbonyl (C=O) groups is 1. The molecule has 2 aromatic rings. The first kappa shape index (κ1) is 22.8. The first-order valence-corrected chi connectivity index (χ1v) is 12.4. The summed E-state index contributed by atoms with van der Waals surface area (Å²) in [5.74, 6) is 2.17. The number of nitrogens with one attached hydrogen (secondary N) is 1. The third-order valence-corrected chi connectivity index (χ3v) is 7.64. The highest BCUT2D eigenvalue weighted by molar-refractivity contribution is 5.84. The second-order valence-electron chi connectivity index (χ2n) is 10.0. The second kappa shape index (κ2) is 9.02. The molecule has 2 atom stereocenters. The van der Waals surface area contributed by atoms with Crippen molar-refractivity contribution >= 4 is 23.8 Å². The number of nitrogens with zero attached hydrogens (tertiary/aromatic N) is 4. The maximum atomic E-state index is 13.7. The molecule has 1 aromatic heterocycles. The summed E-state index contributed by atoms with van der Waals surface area (Å²) in [6.45, 7) is 7.19. The molecule has 3 aliphatic rings. The lowest BCUT2D eigenvalue weighted by molar-refractivity contribution is -0.148. The number of carbonyl (C=O) groups excluding carboxylic acids is 1. The summed E-state index contributed by atoms with van der Waals surface area (Å²) >= 11 is 0. The van der Waals surface area contributed by atoms with Crippen LogP contribution in [0, 0.1) is 5.41 Å². The zero-order valence-electron chi connectivity index (χ0n) is 20.5. The number of hydrogen-bond acceptors (Lipinski definition) is 6. The molecule has 1 amide bonds. The number of aliphatic imine (C=N–C) groups is 1. The van der Waals surface area contributed by atoms with E-state index in [4.69, 9.17) is 4.74 Å². The van der Waals surface area contributed by atoms with E-state index in [-0.39, 0.29) is 11.5 Å². The number of rotatable bonds is 5. The summed E-state index contributed by atoms with van der Waals surface area (Å²) in [6, 6.07) is 14.4. The van der Waals surface area contributed by atoms with E-state index in [9.17, 15) is 4.79 Å². The normalized spacial score (nSPS) is 26.3. The Kier molecular flexibility index (Phi) is 6.06. The van der Waals surface area contributed by atoms with Crippen molar-refractivity contribution in [2.45, 2.75) is 57.9 Å².